The third-order valence-corrected chi connectivity index (χ3v) is 5.51. The fraction of sp³-hybridized carbons (Fsp3) is 0.364. The minimum absolute atomic E-state index is 0.0583. The van der Waals surface area contributed by atoms with Crippen molar-refractivity contribution < 1.29 is 52.9 Å². The highest BCUT2D eigenvalue weighted by atomic mass is 31.2. The largest absolute Gasteiger partial charge is 0.548 e. The van der Waals surface area contributed by atoms with Gasteiger partial charge in [-0.1, -0.05) is 12.1 Å². The molecule has 1 amide bonds. The monoisotopic (exact) mass is 525 g/mol. The summed E-state index contributed by atoms with van der Waals surface area (Å²) in [5.74, 6) is -3.85. The summed E-state index contributed by atoms with van der Waals surface area (Å²) < 4.78 is 32.0. The van der Waals surface area contributed by atoms with Crippen molar-refractivity contribution in [3.05, 3.63) is 47.5 Å². The number of aromatic hydroxyl groups is 1. The van der Waals surface area contributed by atoms with Crippen molar-refractivity contribution in [3.8, 4) is 23.0 Å². The Balaban J connectivity index is 1.62. The zero-order valence-corrected chi connectivity index (χ0v) is 20.3. The lowest BCUT2D eigenvalue weighted by Crippen LogP contribution is -2.53. The summed E-state index contributed by atoms with van der Waals surface area (Å²) in [6.07, 6.45) is -0.243. The first kappa shape index (κ1) is 27.2. The maximum atomic E-state index is 12.6. The quantitative estimate of drug-likeness (QED) is 0.239. The molecule has 2 aromatic carbocycles. The van der Waals surface area contributed by atoms with Gasteiger partial charge in [-0.2, -0.15) is 0 Å². The number of carbonyl (C=O) groups excluding carboxylic acids is 2. The summed E-state index contributed by atoms with van der Waals surface area (Å²) in [5, 5.41) is 23.8. The highest BCUT2D eigenvalue weighted by Gasteiger charge is 2.38. The van der Waals surface area contributed by atoms with Crippen LogP contribution in [0.25, 0.3) is 0 Å². The molecule has 14 heteroatoms. The van der Waals surface area contributed by atoms with Crippen molar-refractivity contribution in [2.24, 2.45) is 5.73 Å². The molecule has 1 unspecified atom stereocenters. The lowest BCUT2D eigenvalue weighted by molar-refractivity contribution is -0.308. The van der Waals surface area contributed by atoms with Gasteiger partial charge >= 0.3 is 13.8 Å². The number of benzene rings is 2. The van der Waals surface area contributed by atoms with E-state index in [1.54, 1.807) is 32.0 Å². The van der Waals surface area contributed by atoms with Crippen LogP contribution in [-0.2, 0) is 31.7 Å². The number of ether oxygens (including phenoxy) is 3. The maximum Gasteiger partial charge on any atom is 0.524 e. The third kappa shape index (κ3) is 7.09. The smallest absolute Gasteiger partial charge is 0.524 e. The summed E-state index contributed by atoms with van der Waals surface area (Å²) in [5.41, 5.74) is 6.85. The minimum Gasteiger partial charge on any atom is -0.548 e. The molecule has 0 fully saturated rings. The van der Waals surface area contributed by atoms with Crippen LogP contribution in [-0.4, -0.2) is 51.4 Å². The Morgan fingerprint density at radius 2 is 1.78 bits per heavy atom. The molecule has 0 saturated carbocycles. The summed E-state index contributed by atoms with van der Waals surface area (Å²) in [6.45, 7) is 3.78. The number of aliphatic carboxylic acids is 1. The first-order valence-electron chi connectivity index (χ1n) is 10.8. The van der Waals surface area contributed by atoms with Crippen LogP contribution in [0.15, 0.2) is 36.4 Å². The number of hydrogen-bond acceptors (Lipinski definition) is 10. The van der Waals surface area contributed by atoms with Crippen molar-refractivity contribution in [1.82, 2.24) is 5.32 Å². The normalized spacial score (nSPS) is 18.4. The van der Waals surface area contributed by atoms with Crippen LogP contribution in [0.2, 0.25) is 0 Å². The number of phenolic OH excluding ortho intramolecular Hbond substituents is 1. The number of phosphoric acid groups is 1. The van der Waals surface area contributed by atoms with E-state index in [1.165, 1.54) is 6.07 Å². The number of rotatable bonds is 11. The molecule has 3 rings (SSSR count). The molecule has 0 spiro atoms. The number of fused-ring (bicyclic) bond motifs is 1. The number of carboxylic acid groups (broad SMARTS) is 1. The van der Waals surface area contributed by atoms with Gasteiger partial charge in [-0.15, -0.1) is 0 Å². The molecule has 196 valence electrons. The summed E-state index contributed by atoms with van der Waals surface area (Å²) >= 11 is 0. The van der Waals surface area contributed by atoms with Crippen molar-refractivity contribution in [1.29, 1.82) is 0 Å². The molecule has 0 aliphatic carbocycles. The number of phosphoric ester groups is 1. The molecule has 0 bridgehead atoms. The van der Waals surface area contributed by atoms with Crippen LogP contribution in [0.5, 0.6) is 23.0 Å². The summed E-state index contributed by atoms with van der Waals surface area (Å²) in [6, 6.07) is 5.75. The molecule has 36 heavy (non-hydrogen) atoms. The van der Waals surface area contributed by atoms with Gasteiger partial charge in [0.1, 0.15) is 0 Å². The van der Waals surface area contributed by atoms with Gasteiger partial charge in [0.05, 0.1) is 24.7 Å². The van der Waals surface area contributed by atoms with Crippen LogP contribution in [0.1, 0.15) is 25.0 Å². The second-order valence-corrected chi connectivity index (χ2v) is 9.22. The van der Waals surface area contributed by atoms with E-state index in [-0.39, 0.29) is 18.4 Å². The van der Waals surface area contributed by atoms with Gasteiger partial charge in [0, 0.05) is 6.92 Å². The Bertz CT molecular complexity index is 1180. The van der Waals surface area contributed by atoms with E-state index in [0.717, 1.165) is 12.1 Å². The average molecular weight is 525 g/mol. The van der Waals surface area contributed by atoms with Gasteiger partial charge in [-0.05, 0) is 55.2 Å². The van der Waals surface area contributed by atoms with Crippen LogP contribution < -0.4 is 30.2 Å². The number of phenols is 1. The molecule has 1 aliphatic rings. The molecule has 13 nitrogen and oxygen atoms in total. The molecule has 3 atom stereocenters. The Morgan fingerprint density at radius 3 is 2.39 bits per heavy atom. The molecule has 1 aliphatic heterocycles. The fourth-order valence-electron chi connectivity index (χ4n) is 3.53. The van der Waals surface area contributed by atoms with Crippen LogP contribution in [0, 0.1) is 0 Å². The predicted molar refractivity (Wildman–Crippen MR) is 121 cm³/mol. The van der Waals surface area contributed by atoms with Crippen molar-refractivity contribution >= 4 is 19.7 Å². The molecule has 1 heterocycles. The molecule has 0 aromatic heterocycles. The van der Waals surface area contributed by atoms with Gasteiger partial charge in [0.25, 0.3) is 0 Å². The van der Waals surface area contributed by atoms with Gasteiger partial charge in [0.2, 0.25) is 5.91 Å². The summed E-state index contributed by atoms with van der Waals surface area (Å²) in [4.78, 5) is 41.9. The lowest BCUT2D eigenvalue weighted by Gasteiger charge is -2.22. The van der Waals surface area contributed by atoms with E-state index in [9.17, 15) is 24.4 Å². The molecular formula is C22H26N2O11P-. The van der Waals surface area contributed by atoms with E-state index < -0.39 is 49.3 Å². The van der Waals surface area contributed by atoms with E-state index in [0.29, 0.717) is 23.7 Å². The second-order valence-electron chi connectivity index (χ2n) is 8.06. The summed E-state index contributed by atoms with van der Waals surface area (Å²) in [7, 11) is -4.90. The second kappa shape index (κ2) is 10.7. The number of carbonyl (C=O) groups is 2. The maximum absolute atomic E-state index is 12.6. The van der Waals surface area contributed by atoms with Gasteiger partial charge in [-0.25, -0.2) is 4.57 Å². The Morgan fingerprint density at radius 1 is 1.14 bits per heavy atom. The van der Waals surface area contributed by atoms with E-state index in [4.69, 9.17) is 29.7 Å². The number of nitrogens with one attached hydrogen (secondary N) is 1. The molecular weight excluding hydrogens is 499 g/mol. The highest BCUT2D eigenvalue weighted by molar-refractivity contribution is 7.46. The van der Waals surface area contributed by atoms with Gasteiger partial charge in [0.15, 0.2) is 23.0 Å². The molecule has 2 aromatic rings. The fourth-order valence-corrected chi connectivity index (χ4v) is 3.95. The van der Waals surface area contributed by atoms with Crippen LogP contribution in [0.4, 0.5) is 0 Å². The average Bonchev–Trinajstić information content (AvgIpc) is 3.09. The number of carboxylic acids is 1. The molecule has 6 N–H and O–H groups in total. The highest BCUT2D eigenvalue weighted by Crippen LogP contribution is 2.42. The van der Waals surface area contributed by atoms with Crippen molar-refractivity contribution in [2.75, 3.05) is 6.61 Å². The molecule has 0 saturated heterocycles. The van der Waals surface area contributed by atoms with Gasteiger partial charge in [-0.3, -0.25) is 14.6 Å². The van der Waals surface area contributed by atoms with Crippen LogP contribution in [0.3, 0.4) is 0 Å². The van der Waals surface area contributed by atoms with Gasteiger partial charge < -0.3 is 44.8 Å². The number of nitrogens with two attached hydrogens (primary N) is 1. The van der Waals surface area contributed by atoms with E-state index >= 15 is 0 Å². The number of hydrogen-bond donors (Lipinski definition) is 5. The predicted octanol–water partition coefficient (Wildman–Crippen LogP) is -0.308. The standard InChI is InChI=1S/C22H27N2O11P/c1-3-32-22(2)33-18-7-5-12(11-19(18)34-22)8-14(23)20(26)24-15(21(27)28)9-13-4-6-17(16(25)10-13)35-36(29,30)31/h4-7,10-11,14-15,25H,3,8-9,23H2,1-2H3,(H,24,26)(H,27,28)(H2,29,30,31)/p-1/t14-,15-,22?/m0/s1. The SMILES string of the molecule is CCOC1(C)Oc2ccc(C[C@H](N)C(=O)N[C@@H](Cc3ccc(OP(=O)(O)O)c(O)c3)C(=O)[O-])cc2O1. The first-order chi connectivity index (χ1) is 16.8. The van der Waals surface area contributed by atoms with Crippen molar-refractivity contribution in [2.45, 2.75) is 44.7 Å². The molecule has 0 radical (unpaired) electrons. The Hall–Kier alpha value is -3.35. The van der Waals surface area contributed by atoms with E-state index in [1.807, 2.05) is 0 Å². The first-order valence-corrected chi connectivity index (χ1v) is 12.3. The third-order valence-electron chi connectivity index (χ3n) is 5.08. The lowest BCUT2D eigenvalue weighted by atomic mass is 10.0. The zero-order chi connectivity index (χ0) is 26.7. The van der Waals surface area contributed by atoms with Crippen molar-refractivity contribution in [3.63, 3.8) is 0 Å². The number of amides is 1. The zero-order valence-electron chi connectivity index (χ0n) is 19.4. The Kier molecular flexibility index (Phi) is 8.12. The minimum atomic E-state index is -4.90. The topological polar surface area (TPSA) is 210 Å². The van der Waals surface area contributed by atoms with Crippen LogP contribution >= 0.6 is 7.82 Å². The Labute approximate surface area is 206 Å². The van der Waals surface area contributed by atoms with E-state index in [2.05, 4.69) is 9.84 Å².